The highest BCUT2D eigenvalue weighted by molar-refractivity contribution is 6.01. The summed E-state index contributed by atoms with van der Waals surface area (Å²) in [4.78, 5) is 26.3. The molecule has 1 aromatic rings. The van der Waals surface area contributed by atoms with Crippen molar-refractivity contribution >= 4 is 17.5 Å². The maximum absolute atomic E-state index is 12.3. The number of hydrogen-bond acceptors (Lipinski definition) is 2. The molecule has 1 atom stereocenters. The predicted molar refractivity (Wildman–Crippen MR) is 84.3 cm³/mol. The second kappa shape index (κ2) is 5.51. The van der Waals surface area contributed by atoms with Crippen LogP contribution in [0.25, 0.3) is 0 Å². The van der Waals surface area contributed by atoms with E-state index in [0.717, 1.165) is 16.8 Å². The molecule has 1 heterocycles. The van der Waals surface area contributed by atoms with Gasteiger partial charge in [-0.2, -0.15) is 0 Å². The number of carbonyl (C=O) groups is 2. The molecule has 4 heteroatoms. The van der Waals surface area contributed by atoms with Crippen LogP contribution >= 0.6 is 0 Å². The summed E-state index contributed by atoms with van der Waals surface area (Å²) < 4.78 is 0. The van der Waals surface area contributed by atoms with Gasteiger partial charge < -0.3 is 10.2 Å². The van der Waals surface area contributed by atoms with Gasteiger partial charge in [0.25, 0.3) is 0 Å². The fraction of sp³-hybridized carbons (Fsp3) is 0.529. The second-order valence-electron chi connectivity index (χ2n) is 6.86. The number of rotatable bonds is 2. The van der Waals surface area contributed by atoms with Crippen LogP contribution in [0.1, 0.15) is 38.3 Å². The molecule has 0 radical (unpaired) electrons. The molecule has 1 N–H and O–H groups in total. The zero-order chi connectivity index (χ0) is 15.8. The molecule has 0 saturated carbocycles. The fourth-order valence-corrected chi connectivity index (χ4v) is 2.62. The van der Waals surface area contributed by atoms with Crippen molar-refractivity contribution in [1.82, 2.24) is 5.32 Å². The Bertz CT molecular complexity index is 573. The number of benzene rings is 1. The van der Waals surface area contributed by atoms with E-state index < -0.39 is 0 Å². The van der Waals surface area contributed by atoms with Crippen molar-refractivity contribution in [2.75, 3.05) is 11.4 Å². The topological polar surface area (TPSA) is 49.4 Å². The summed E-state index contributed by atoms with van der Waals surface area (Å²) in [7, 11) is 0. The van der Waals surface area contributed by atoms with Crippen molar-refractivity contribution in [3.63, 3.8) is 0 Å². The van der Waals surface area contributed by atoms with Gasteiger partial charge in [-0.3, -0.25) is 9.59 Å². The molecular formula is C17H24N2O2. The third kappa shape index (κ3) is 3.43. The van der Waals surface area contributed by atoms with Crippen molar-refractivity contribution in [2.24, 2.45) is 5.92 Å². The quantitative estimate of drug-likeness (QED) is 0.909. The molecule has 0 spiro atoms. The third-order valence-electron chi connectivity index (χ3n) is 3.86. The summed E-state index contributed by atoms with van der Waals surface area (Å²) in [6.07, 6.45) is 0.287. The number of amides is 2. The van der Waals surface area contributed by atoms with E-state index in [1.807, 2.05) is 52.8 Å². The summed E-state index contributed by atoms with van der Waals surface area (Å²) in [6, 6.07) is 5.93. The predicted octanol–water partition coefficient (Wildman–Crippen LogP) is 2.57. The normalized spacial score (nSPS) is 19.0. The van der Waals surface area contributed by atoms with Gasteiger partial charge in [-0.05, 0) is 51.8 Å². The lowest BCUT2D eigenvalue weighted by atomic mass is 10.0. The third-order valence-corrected chi connectivity index (χ3v) is 3.86. The Labute approximate surface area is 126 Å². The van der Waals surface area contributed by atoms with Gasteiger partial charge in [0.1, 0.15) is 0 Å². The standard InChI is InChI=1S/C17H24N2O2/c1-11-7-6-8-14(12(11)2)19-10-13(9-15(19)20)16(21)18-17(3,4)5/h6-8,13H,9-10H2,1-5H3,(H,18,21)/t13-/m1/s1. The summed E-state index contributed by atoms with van der Waals surface area (Å²) in [5, 5.41) is 2.96. The number of nitrogens with zero attached hydrogens (tertiary/aromatic N) is 1. The van der Waals surface area contributed by atoms with Crippen LogP contribution in [0.2, 0.25) is 0 Å². The van der Waals surface area contributed by atoms with Crippen molar-refractivity contribution in [2.45, 2.75) is 46.6 Å². The van der Waals surface area contributed by atoms with Crippen LogP contribution in [0.5, 0.6) is 0 Å². The molecule has 114 valence electrons. The van der Waals surface area contributed by atoms with E-state index in [4.69, 9.17) is 0 Å². The van der Waals surface area contributed by atoms with Gasteiger partial charge in [0, 0.05) is 24.2 Å². The van der Waals surface area contributed by atoms with E-state index in [0.29, 0.717) is 6.54 Å². The lowest BCUT2D eigenvalue weighted by Gasteiger charge is -2.23. The Balaban J connectivity index is 2.17. The smallest absolute Gasteiger partial charge is 0.227 e. The number of aryl methyl sites for hydroxylation is 1. The molecule has 1 aromatic carbocycles. The van der Waals surface area contributed by atoms with Gasteiger partial charge in [0.15, 0.2) is 0 Å². The maximum atomic E-state index is 12.3. The van der Waals surface area contributed by atoms with Crippen LogP contribution in [0.3, 0.4) is 0 Å². The van der Waals surface area contributed by atoms with E-state index in [2.05, 4.69) is 5.32 Å². The summed E-state index contributed by atoms with van der Waals surface area (Å²) in [5.74, 6) is -0.280. The Morgan fingerprint density at radius 1 is 1.29 bits per heavy atom. The number of anilines is 1. The molecule has 21 heavy (non-hydrogen) atoms. The highest BCUT2D eigenvalue weighted by atomic mass is 16.2. The van der Waals surface area contributed by atoms with Crippen molar-refractivity contribution in [1.29, 1.82) is 0 Å². The molecule has 1 saturated heterocycles. The zero-order valence-corrected chi connectivity index (χ0v) is 13.5. The highest BCUT2D eigenvalue weighted by Gasteiger charge is 2.36. The van der Waals surface area contributed by atoms with Crippen LogP contribution in [0.15, 0.2) is 18.2 Å². The summed E-state index contributed by atoms with van der Waals surface area (Å²) in [5.41, 5.74) is 2.91. The molecule has 2 rings (SSSR count). The van der Waals surface area contributed by atoms with E-state index in [1.54, 1.807) is 4.90 Å². The summed E-state index contributed by atoms with van der Waals surface area (Å²) >= 11 is 0. The van der Waals surface area contributed by atoms with E-state index in [1.165, 1.54) is 0 Å². The van der Waals surface area contributed by atoms with Crippen LogP contribution in [0, 0.1) is 19.8 Å². The van der Waals surface area contributed by atoms with E-state index in [9.17, 15) is 9.59 Å². The molecule has 1 aliphatic rings. The van der Waals surface area contributed by atoms with Crippen molar-refractivity contribution < 1.29 is 9.59 Å². The van der Waals surface area contributed by atoms with Gasteiger partial charge >= 0.3 is 0 Å². The SMILES string of the molecule is Cc1cccc(N2C[C@H](C(=O)NC(C)(C)C)CC2=O)c1C. The molecule has 0 aliphatic carbocycles. The zero-order valence-electron chi connectivity index (χ0n) is 13.5. The molecule has 1 aliphatic heterocycles. The summed E-state index contributed by atoms with van der Waals surface area (Å²) in [6.45, 7) is 10.4. The minimum atomic E-state index is -0.271. The van der Waals surface area contributed by atoms with Gasteiger partial charge in [-0.15, -0.1) is 0 Å². The minimum Gasteiger partial charge on any atom is -0.351 e. The fourth-order valence-electron chi connectivity index (χ4n) is 2.62. The minimum absolute atomic E-state index is 0.0257. The van der Waals surface area contributed by atoms with Crippen LogP contribution in [-0.4, -0.2) is 23.9 Å². The average Bonchev–Trinajstić information content (AvgIpc) is 2.73. The number of carbonyl (C=O) groups excluding carboxylic acids is 2. The Hall–Kier alpha value is -1.84. The van der Waals surface area contributed by atoms with Crippen molar-refractivity contribution in [3.05, 3.63) is 29.3 Å². The molecule has 2 amide bonds. The molecule has 1 fully saturated rings. The lowest BCUT2D eigenvalue weighted by Crippen LogP contribution is -2.44. The van der Waals surface area contributed by atoms with E-state index >= 15 is 0 Å². The molecular weight excluding hydrogens is 264 g/mol. The first kappa shape index (κ1) is 15.5. The first-order valence-corrected chi connectivity index (χ1v) is 7.37. The Kier molecular flexibility index (Phi) is 4.08. The highest BCUT2D eigenvalue weighted by Crippen LogP contribution is 2.29. The van der Waals surface area contributed by atoms with Gasteiger partial charge in [0.2, 0.25) is 11.8 Å². The molecule has 0 unspecified atom stereocenters. The van der Waals surface area contributed by atoms with Crippen LogP contribution in [0.4, 0.5) is 5.69 Å². The Morgan fingerprint density at radius 2 is 1.95 bits per heavy atom. The maximum Gasteiger partial charge on any atom is 0.227 e. The Morgan fingerprint density at radius 3 is 2.57 bits per heavy atom. The largest absolute Gasteiger partial charge is 0.351 e. The van der Waals surface area contributed by atoms with Gasteiger partial charge in [-0.25, -0.2) is 0 Å². The lowest BCUT2D eigenvalue weighted by molar-refractivity contribution is -0.127. The van der Waals surface area contributed by atoms with Gasteiger partial charge in [0.05, 0.1) is 5.92 Å². The molecule has 4 nitrogen and oxygen atoms in total. The monoisotopic (exact) mass is 288 g/mol. The number of nitrogens with one attached hydrogen (secondary N) is 1. The molecule has 0 bridgehead atoms. The number of hydrogen-bond donors (Lipinski definition) is 1. The van der Waals surface area contributed by atoms with Crippen LogP contribution in [-0.2, 0) is 9.59 Å². The first-order valence-electron chi connectivity index (χ1n) is 7.37. The van der Waals surface area contributed by atoms with Gasteiger partial charge in [-0.1, -0.05) is 12.1 Å². The second-order valence-corrected chi connectivity index (χ2v) is 6.86. The van der Waals surface area contributed by atoms with Crippen LogP contribution < -0.4 is 10.2 Å². The average molecular weight is 288 g/mol. The molecule has 0 aromatic heterocycles. The first-order chi connectivity index (χ1) is 9.69. The van der Waals surface area contributed by atoms with Crippen molar-refractivity contribution in [3.8, 4) is 0 Å². The van der Waals surface area contributed by atoms with E-state index in [-0.39, 0.29) is 29.7 Å².